The third kappa shape index (κ3) is 4.99. The highest BCUT2D eigenvalue weighted by Gasteiger charge is 2.31. The first-order valence-electron chi connectivity index (χ1n) is 10.1. The van der Waals surface area contributed by atoms with Crippen molar-refractivity contribution in [2.45, 2.75) is 52.7 Å². The molecule has 0 bridgehead atoms. The molecule has 146 valence electrons. The van der Waals surface area contributed by atoms with E-state index in [4.69, 9.17) is 4.99 Å². The molecule has 5 nitrogen and oxygen atoms in total. The normalized spacial score (nSPS) is 24.9. The second-order valence-corrected chi connectivity index (χ2v) is 8.93. The van der Waals surface area contributed by atoms with Crippen LogP contribution >= 0.6 is 11.3 Å². The molecule has 1 aromatic rings. The molecule has 1 fully saturated rings. The van der Waals surface area contributed by atoms with Crippen LogP contribution in [0.5, 0.6) is 0 Å². The van der Waals surface area contributed by atoms with Gasteiger partial charge in [-0.25, -0.2) is 0 Å². The zero-order chi connectivity index (χ0) is 18.5. The number of aliphatic imine (C=N–C) groups is 1. The lowest BCUT2D eigenvalue weighted by Crippen LogP contribution is -2.47. The Kier molecular flexibility index (Phi) is 6.95. The first-order valence-corrected chi connectivity index (χ1v) is 11.0. The highest BCUT2D eigenvalue weighted by molar-refractivity contribution is 7.10. The van der Waals surface area contributed by atoms with Gasteiger partial charge in [0.2, 0.25) is 0 Å². The Morgan fingerprint density at radius 3 is 2.96 bits per heavy atom. The lowest BCUT2D eigenvalue weighted by Gasteiger charge is -2.26. The van der Waals surface area contributed by atoms with E-state index in [0.717, 1.165) is 45.2 Å². The van der Waals surface area contributed by atoms with Crippen LogP contribution in [0.1, 0.15) is 38.1 Å². The van der Waals surface area contributed by atoms with Crippen molar-refractivity contribution in [3.05, 3.63) is 21.9 Å². The summed E-state index contributed by atoms with van der Waals surface area (Å²) in [4.78, 5) is 11.5. The molecule has 0 saturated carbocycles. The molecule has 2 aliphatic heterocycles. The number of hydrogen-bond acceptors (Lipinski definition) is 4. The van der Waals surface area contributed by atoms with Crippen LogP contribution in [0.3, 0.4) is 0 Å². The van der Waals surface area contributed by atoms with E-state index in [-0.39, 0.29) is 0 Å². The predicted octanol–water partition coefficient (Wildman–Crippen LogP) is 2.39. The summed E-state index contributed by atoms with van der Waals surface area (Å²) < 4.78 is 0. The Labute approximate surface area is 162 Å². The third-order valence-corrected chi connectivity index (χ3v) is 6.63. The minimum atomic E-state index is 0.485. The van der Waals surface area contributed by atoms with Crippen molar-refractivity contribution in [2.75, 3.05) is 39.3 Å². The van der Waals surface area contributed by atoms with Crippen molar-refractivity contribution in [3.8, 4) is 0 Å². The Morgan fingerprint density at radius 1 is 1.38 bits per heavy atom. The van der Waals surface area contributed by atoms with Crippen molar-refractivity contribution in [3.63, 3.8) is 0 Å². The van der Waals surface area contributed by atoms with Gasteiger partial charge in [0.15, 0.2) is 5.96 Å². The number of thiophene rings is 1. The molecule has 0 aliphatic carbocycles. The van der Waals surface area contributed by atoms with Crippen molar-refractivity contribution in [1.82, 2.24) is 20.4 Å². The molecule has 0 amide bonds. The molecule has 2 aliphatic rings. The van der Waals surface area contributed by atoms with E-state index in [2.05, 4.69) is 59.6 Å². The SMILES string of the molecule is CCNC(=NCCN1CCc2sccc2C1)NC1CN(C(C)C)CC1C. The van der Waals surface area contributed by atoms with Gasteiger partial charge in [-0.15, -0.1) is 11.3 Å². The fourth-order valence-corrected chi connectivity index (χ4v) is 4.80. The first-order chi connectivity index (χ1) is 12.6. The lowest BCUT2D eigenvalue weighted by atomic mass is 10.1. The Morgan fingerprint density at radius 2 is 2.23 bits per heavy atom. The van der Waals surface area contributed by atoms with Crippen LogP contribution in [-0.4, -0.2) is 67.1 Å². The van der Waals surface area contributed by atoms with E-state index in [0.29, 0.717) is 18.0 Å². The van der Waals surface area contributed by atoms with Crippen LogP contribution in [0, 0.1) is 5.92 Å². The molecule has 0 aromatic carbocycles. The monoisotopic (exact) mass is 377 g/mol. The fraction of sp³-hybridized carbons (Fsp3) is 0.750. The van der Waals surface area contributed by atoms with E-state index in [1.807, 2.05) is 11.3 Å². The molecule has 3 heterocycles. The van der Waals surface area contributed by atoms with E-state index in [1.54, 1.807) is 4.88 Å². The molecule has 0 spiro atoms. The Balaban J connectivity index is 1.50. The van der Waals surface area contributed by atoms with Gasteiger partial charge in [0, 0.05) is 56.2 Å². The summed E-state index contributed by atoms with van der Waals surface area (Å²) in [5.74, 6) is 1.63. The number of hydrogen-bond donors (Lipinski definition) is 2. The van der Waals surface area contributed by atoms with E-state index in [9.17, 15) is 0 Å². The summed E-state index contributed by atoms with van der Waals surface area (Å²) in [5.41, 5.74) is 1.52. The smallest absolute Gasteiger partial charge is 0.191 e. The van der Waals surface area contributed by atoms with Crippen molar-refractivity contribution in [1.29, 1.82) is 0 Å². The van der Waals surface area contributed by atoms with Gasteiger partial charge >= 0.3 is 0 Å². The zero-order valence-corrected chi connectivity index (χ0v) is 17.6. The lowest BCUT2D eigenvalue weighted by molar-refractivity contribution is 0.263. The summed E-state index contributed by atoms with van der Waals surface area (Å²) in [6.07, 6.45) is 1.19. The third-order valence-electron chi connectivity index (χ3n) is 5.61. The van der Waals surface area contributed by atoms with Gasteiger partial charge in [0.25, 0.3) is 0 Å². The quantitative estimate of drug-likeness (QED) is 0.590. The molecular formula is C20H35N5S. The Bertz CT molecular complexity index is 597. The standard InChI is InChI=1S/C20H35N5S/c1-5-21-20(23-18-14-25(15(2)3)12-16(18)4)22-8-10-24-9-6-19-17(13-24)7-11-26-19/h7,11,15-16,18H,5-6,8-10,12-14H2,1-4H3,(H2,21,22,23). The van der Waals surface area contributed by atoms with Crippen LogP contribution < -0.4 is 10.6 Å². The average Bonchev–Trinajstić information content (AvgIpc) is 3.21. The maximum Gasteiger partial charge on any atom is 0.191 e. The zero-order valence-electron chi connectivity index (χ0n) is 16.8. The second kappa shape index (κ2) is 9.20. The highest BCUT2D eigenvalue weighted by Crippen LogP contribution is 2.23. The summed E-state index contributed by atoms with van der Waals surface area (Å²) >= 11 is 1.90. The van der Waals surface area contributed by atoms with Gasteiger partial charge in [0.1, 0.15) is 0 Å². The molecule has 0 radical (unpaired) electrons. The predicted molar refractivity (Wildman–Crippen MR) is 112 cm³/mol. The van der Waals surface area contributed by atoms with Gasteiger partial charge in [-0.1, -0.05) is 6.92 Å². The van der Waals surface area contributed by atoms with Crippen LogP contribution in [0.15, 0.2) is 16.4 Å². The summed E-state index contributed by atoms with van der Waals surface area (Å²) in [7, 11) is 0. The minimum Gasteiger partial charge on any atom is -0.357 e. The van der Waals surface area contributed by atoms with Crippen LogP contribution in [0.2, 0.25) is 0 Å². The number of likely N-dealkylation sites (tertiary alicyclic amines) is 1. The molecule has 6 heteroatoms. The minimum absolute atomic E-state index is 0.485. The number of guanidine groups is 1. The highest BCUT2D eigenvalue weighted by atomic mass is 32.1. The largest absolute Gasteiger partial charge is 0.357 e. The average molecular weight is 378 g/mol. The summed E-state index contributed by atoms with van der Waals surface area (Å²) in [6, 6.07) is 3.38. The van der Waals surface area contributed by atoms with Gasteiger partial charge in [-0.3, -0.25) is 14.8 Å². The van der Waals surface area contributed by atoms with Crippen molar-refractivity contribution in [2.24, 2.45) is 10.9 Å². The second-order valence-electron chi connectivity index (χ2n) is 7.93. The number of nitrogens with zero attached hydrogens (tertiary/aromatic N) is 3. The van der Waals surface area contributed by atoms with Gasteiger partial charge in [-0.05, 0) is 50.1 Å². The van der Waals surface area contributed by atoms with Gasteiger partial charge < -0.3 is 10.6 Å². The van der Waals surface area contributed by atoms with Crippen LogP contribution in [0.4, 0.5) is 0 Å². The maximum absolute atomic E-state index is 4.86. The maximum atomic E-state index is 4.86. The van der Waals surface area contributed by atoms with Gasteiger partial charge in [0.05, 0.1) is 6.54 Å². The Hall–Kier alpha value is -1.11. The molecule has 1 aromatic heterocycles. The summed E-state index contributed by atoms with van der Waals surface area (Å²) in [5, 5.41) is 9.33. The van der Waals surface area contributed by atoms with Crippen LogP contribution in [-0.2, 0) is 13.0 Å². The van der Waals surface area contributed by atoms with E-state index < -0.39 is 0 Å². The molecule has 26 heavy (non-hydrogen) atoms. The molecule has 2 unspecified atom stereocenters. The van der Waals surface area contributed by atoms with E-state index >= 15 is 0 Å². The first kappa shape index (κ1) is 19.6. The number of fused-ring (bicyclic) bond motifs is 1. The molecule has 2 N–H and O–H groups in total. The molecule has 2 atom stereocenters. The fourth-order valence-electron chi connectivity index (χ4n) is 3.91. The van der Waals surface area contributed by atoms with Crippen molar-refractivity contribution < 1.29 is 0 Å². The van der Waals surface area contributed by atoms with Gasteiger partial charge in [-0.2, -0.15) is 0 Å². The summed E-state index contributed by atoms with van der Waals surface area (Å²) in [6.45, 7) is 16.4. The van der Waals surface area contributed by atoms with Crippen LogP contribution in [0.25, 0.3) is 0 Å². The van der Waals surface area contributed by atoms with E-state index in [1.165, 1.54) is 18.5 Å². The molecule has 3 rings (SSSR count). The topological polar surface area (TPSA) is 42.9 Å². The van der Waals surface area contributed by atoms with Crippen molar-refractivity contribution >= 4 is 17.3 Å². The molecule has 1 saturated heterocycles. The molecular weight excluding hydrogens is 342 g/mol. The number of nitrogens with one attached hydrogen (secondary N) is 2. The number of rotatable bonds is 6.